The summed E-state index contributed by atoms with van der Waals surface area (Å²) in [5.74, 6) is -2.21. The second-order valence-electron chi connectivity index (χ2n) is 4.19. The van der Waals surface area contributed by atoms with Crippen LogP contribution in [-0.4, -0.2) is 5.92 Å². The summed E-state index contributed by atoms with van der Waals surface area (Å²) in [5, 5.41) is 0. The normalized spacial score (nSPS) is 37.9. The monoisotopic (exact) mass is 162 g/mol. The summed E-state index contributed by atoms with van der Waals surface area (Å²) in [5.41, 5.74) is -0.687. The van der Waals surface area contributed by atoms with Gasteiger partial charge in [0.05, 0.1) is 0 Å². The van der Waals surface area contributed by atoms with E-state index in [-0.39, 0.29) is 11.8 Å². The molecule has 0 N–H and O–H groups in total. The fourth-order valence-electron chi connectivity index (χ4n) is 2.37. The van der Waals surface area contributed by atoms with Crippen molar-refractivity contribution in [2.75, 3.05) is 0 Å². The SMILES string of the molecule is CC(C)C1(C(C)(F)F)CC1C. The largest absolute Gasteiger partial charge is 0.251 e. The van der Waals surface area contributed by atoms with Crippen LogP contribution in [0.15, 0.2) is 0 Å². The van der Waals surface area contributed by atoms with Gasteiger partial charge in [-0.15, -0.1) is 0 Å². The molecule has 1 rings (SSSR count). The molecule has 0 radical (unpaired) electrons. The molecule has 0 spiro atoms. The number of halogens is 2. The lowest BCUT2D eigenvalue weighted by Gasteiger charge is -2.27. The van der Waals surface area contributed by atoms with Gasteiger partial charge in [0.15, 0.2) is 0 Å². The van der Waals surface area contributed by atoms with E-state index < -0.39 is 11.3 Å². The Balaban J connectivity index is 2.80. The lowest BCUT2D eigenvalue weighted by atomic mass is 9.84. The Labute approximate surface area is 67.0 Å². The van der Waals surface area contributed by atoms with Crippen molar-refractivity contribution in [2.24, 2.45) is 17.3 Å². The zero-order valence-corrected chi connectivity index (χ0v) is 7.62. The summed E-state index contributed by atoms with van der Waals surface area (Å²) < 4.78 is 26.1. The van der Waals surface area contributed by atoms with E-state index >= 15 is 0 Å². The molecule has 2 atom stereocenters. The maximum absolute atomic E-state index is 13.1. The first-order chi connectivity index (χ1) is 4.82. The molecule has 11 heavy (non-hydrogen) atoms. The minimum Gasteiger partial charge on any atom is -0.207 e. The van der Waals surface area contributed by atoms with E-state index in [1.54, 1.807) is 0 Å². The predicted octanol–water partition coefficient (Wildman–Crippen LogP) is 3.32. The lowest BCUT2D eigenvalue weighted by molar-refractivity contribution is -0.0809. The van der Waals surface area contributed by atoms with Crippen LogP contribution in [0.2, 0.25) is 0 Å². The highest BCUT2D eigenvalue weighted by Crippen LogP contribution is 2.65. The van der Waals surface area contributed by atoms with Crippen LogP contribution in [0.1, 0.15) is 34.1 Å². The van der Waals surface area contributed by atoms with Gasteiger partial charge in [0, 0.05) is 5.41 Å². The number of alkyl halides is 2. The number of rotatable bonds is 2. The van der Waals surface area contributed by atoms with Crippen molar-refractivity contribution in [3.8, 4) is 0 Å². The molecule has 0 aliphatic heterocycles. The Kier molecular flexibility index (Phi) is 1.77. The average molecular weight is 162 g/mol. The molecule has 0 aromatic carbocycles. The van der Waals surface area contributed by atoms with Crippen LogP contribution >= 0.6 is 0 Å². The van der Waals surface area contributed by atoms with Crippen molar-refractivity contribution < 1.29 is 8.78 Å². The summed E-state index contributed by atoms with van der Waals surface area (Å²) in [6, 6.07) is 0. The zero-order chi connectivity index (χ0) is 8.86. The Morgan fingerprint density at radius 1 is 1.45 bits per heavy atom. The molecule has 2 heteroatoms. The van der Waals surface area contributed by atoms with Gasteiger partial charge < -0.3 is 0 Å². The minimum absolute atomic E-state index is 0.0949. The molecule has 1 aliphatic rings. The van der Waals surface area contributed by atoms with Crippen molar-refractivity contribution in [2.45, 2.75) is 40.0 Å². The van der Waals surface area contributed by atoms with Crippen LogP contribution in [0.5, 0.6) is 0 Å². The summed E-state index contributed by atoms with van der Waals surface area (Å²) in [6.45, 7) is 6.75. The molecular formula is C9H16F2. The maximum Gasteiger partial charge on any atom is 0.251 e. The van der Waals surface area contributed by atoms with E-state index in [0.717, 1.165) is 6.92 Å². The van der Waals surface area contributed by atoms with Gasteiger partial charge in [-0.2, -0.15) is 0 Å². The maximum atomic E-state index is 13.1. The van der Waals surface area contributed by atoms with Gasteiger partial charge in [0.25, 0.3) is 5.92 Å². The second kappa shape index (κ2) is 2.18. The standard InChI is InChI=1S/C9H16F2/c1-6(2)9(5-7(9)3)8(4,10)11/h6-7H,5H2,1-4H3. The van der Waals surface area contributed by atoms with Gasteiger partial charge in [0.2, 0.25) is 0 Å². The van der Waals surface area contributed by atoms with Crippen LogP contribution in [0.3, 0.4) is 0 Å². The van der Waals surface area contributed by atoms with Gasteiger partial charge in [-0.3, -0.25) is 0 Å². The molecule has 1 fully saturated rings. The quantitative estimate of drug-likeness (QED) is 0.584. The fourth-order valence-corrected chi connectivity index (χ4v) is 2.37. The first kappa shape index (κ1) is 8.95. The van der Waals surface area contributed by atoms with E-state index in [9.17, 15) is 8.78 Å². The molecule has 1 saturated carbocycles. The lowest BCUT2D eigenvalue weighted by Crippen LogP contribution is -2.32. The Bertz CT molecular complexity index is 157. The van der Waals surface area contributed by atoms with Crippen LogP contribution in [0.25, 0.3) is 0 Å². The smallest absolute Gasteiger partial charge is 0.207 e. The van der Waals surface area contributed by atoms with Crippen LogP contribution < -0.4 is 0 Å². The van der Waals surface area contributed by atoms with Crippen LogP contribution in [0.4, 0.5) is 8.78 Å². The third-order valence-corrected chi connectivity index (χ3v) is 3.21. The van der Waals surface area contributed by atoms with Crippen molar-refractivity contribution in [1.82, 2.24) is 0 Å². The summed E-state index contributed by atoms with van der Waals surface area (Å²) in [4.78, 5) is 0. The van der Waals surface area contributed by atoms with Crippen molar-refractivity contribution >= 4 is 0 Å². The number of hydrogen-bond donors (Lipinski definition) is 0. The fraction of sp³-hybridized carbons (Fsp3) is 1.00. The molecular weight excluding hydrogens is 146 g/mol. The molecule has 2 unspecified atom stereocenters. The predicted molar refractivity (Wildman–Crippen MR) is 41.7 cm³/mol. The van der Waals surface area contributed by atoms with Crippen LogP contribution in [0, 0.1) is 17.3 Å². The van der Waals surface area contributed by atoms with E-state index in [1.165, 1.54) is 0 Å². The summed E-state index contributed by atoms with van der Waals surface area (Å²) in [6.07, 6.45) is 0.689. The van der Waals surface area contributed by atoms with Crippen molar-refractivity contribution in [3.63, 3.8) is 0 Å². The Morgan fingerprint density at radius 2 is 1.82 bits per heavy atom. The van der Waals surface area contributed by atoms with E-state index in [1.807, 2.05) is 20.8 Å². The van der Waals surface area contributed by atoms with Crippen molar-refractivity contribution in [3.05, 3.63) is 0 Å². The highest BCUT2D eigenvalue weighted by Gasteiger charge is 2.65. The second-order valence-corrected chi connectivity index (χ2v) is 4.19. The first-order valence-corrected chi connectivity index (χ1v) is 4.20. The number of hydrogen-bond acceptors (Lipinski definition) is 0. The van der Waals surface area contributed by atoms with Gasteiger partial charge in [-0.25, -0.2) is 8.78 Å². The molecule has 0 heterocycles. The zero-order valence-electron chi connectivity index (χ0n) is 7.62. The molecule has 66 valence electrons. The van der Waals surface area contributed by atoms with Crippen LogP contribution in [-0.2, 0) is 0 Å². The van der Waals surface area contributed by atoms with Gasteiger partial charge in [0.1, 0.15) is 0 Å². The van der Waals surface area contributed by atoms with E-state index in [0.29, 0.717) is 6.42 Å². The third kappa shape index (κ3) is 1.07. The molecule has 0 amide bonds. The summed E-state index contributed by atoms with van der Waals surface area (Å²) in [7, 11) is 0. The molecule has 0 saturated heterocycles. The highest BCUT2D eigenvalue weighted by atomic mass is 19.3. The summed E-state index contributed by atoms with van der Waals surface area (Å²) >= 11 is 0. The first-order valence-electron chi connectivity index (χ1n) is 4.20. The molecule has 0 aromatic heterocycles. The van der Waals surface area contributed by atoms with Gasteiger partial charge in [-0.1, -0.05) is 20.8 Å². The molecule has 0 aromatic rings. The van der Waals surface area contributed by atoms with Gasteiger partial charge in [-0.05, 0) is 25.2 Å². The molecule has 0 bridgehead atoms. The molecule has 0 nitrogen and oxygen atoms in total. The van der Waals surface area contributed by atoms with Crippen molar-refractivity contribution in [1.29, 1.82) is 0 Å². The Morgan fingerprint density at radius 3 is 1.82 bits per heavy atom. The van der Waals surface area contributed by atoms with E-state index in [4.69, 9.17) is 0 Å². The highest BCUT2D eigenvalue weighted by molar-refractivity contribution is 5.08. The minimum atomic E-state index is -2.50. The topological polar surface area (TPSA) is 0 Å². The Hall–Kier alpha value is -0.140. The average Bonchev–Trinajstić information content (AvgIpc) is 2.39. The third-order valence-electron chi connectivity index (χ3n) is 3.21. The van der Waals surface area contributed by atoms with E-state index in [2.05, 4.69) is 0 Å². The molecule has 1 aliphatic carbocycles. The van der Waals surface area contributed by atoms with Gasteiger partial charge >= 0.3 is 0 Å².